The van der Waals surface area contributed by atoms with E-state index in [0.29, 0.717) is 34.8 Å². The molecule has 10 nitrogen and oxygen atoms in total. The number of nitrogens with one attached hydrogen (secondary N) is 1. The zero-order chi connectivity index (χ0) is 21.7. The molecule has 1 saturated carbocycles. The molecule has 0 saturated heterocycles. The van der Waals surface area contributed by atoms with Crippen molar-refractivity contribution in [1.29, 1.82) is 0 Å². The average Bonchev–Trinajstić information content (AvgIpc) is 2.72. The van der Waals surface area contributed by atoms with Crippen LogP contribution in [0.4, 0.5) is 21.9 Å². The monoisotopic (exact) mass is 432 g/mol. The van der Waals surface area contributed by atoms with Gasteiger partial charge in [-0.3, -0.25) is 30.4 Å². The molecule has 0 heterocycles. The molecule has 3 rings (SSSR count). The SMILES string of the molecule is O=C(Nc1cccc(Cl)c1)O/N=C1\CCCCC1c1ccc([N+](=O)[O-])cc1[N+](=O)[O-]. The molecule has 0 radical (unpaired) electrons. The van der Waals surface area contributed by atoms with Crippen molar-refractivity contribution in [1.82, 2.24) is 0 Å². The minimum atomic E-state index is -0.827. The molecule has 1 unspecified atom stereocenters. The molecule has 1 fully saturated rings. The number of halogens is 1. The molecule has 1 aliphatic carbocycles. The van der Waals surface area contributed by atoms with Gasteiger partial charge in [-0.2, -0.15) is 0 Å². The molecule has 1 N–H and O–H groups in total. The summed E-state index contributed by atoms with van der Waals surface area (Å²) in [6, 6.07) is 10.0. The van der Waals surface area contributed by atoms with Gasteiger partial charge < -0.3 is 0 Å². The second kappa shape index (κ2) is 9.31. The van der Waals surface area contributed by atoms with Gasteiger partial charge >= 0.3 is 6.09 Å². The summed E-state index contributed by atoms with van der Waals surface area (Å²) >= 11 is 5.87. The van der Waals surface area contributed by atoms with Gasteiger partial charge in [-0.1, -0.05) is 29.2 Å². The lowest BCUT2D eigenvalue weighted by Crippen LogP contribution is -2.20. The fourth-order valence-corrected chi connectivity index (χ4v) is 3.54. The normalized spacial score (nSPS) is 17.4. The Morgan fingerprint density at radius 2 is 1.93 bits per heavy atom. The third-order valence-corrected chi connectivity index (χ3v) is 4.93. The Morgan fingerprint density at radius 1 is 1.13 bits per heavy atom. The maximum Gasteiger partial charge on any atom is 0.437 e. The van der Waals surface area contributed by atoms with Gasteiger partial charge in [-0.25, -0.2) is 4.79 Å². The van der Waals surface area contributed by atoms with Gasteiger partial charge in [0.25, 0.3) is 11.4 Å². The van der Waals surface area contributed by atoms with E-state index in [1.807, 2.05) is 0 Å². The minimum absolute atomic E-state index is 0.308. The van der Waals surface area contributed by atoms with Crippen molar-refractivity contribution >= 4 is 40.5 Å². The predicted molar refractivity (Wildman–Crippen MR) is 110 cm³/mol. The lowest BCUT2D eigenvalue weighted by Gasteiger charge is -2.23. The van der Waals surface area contributed by atoms with Gasteiger partial charge in [0.2, 0.25) is 0 Å². The number of anilines is 1. The Balaban J connectivity index is 1.82. The summed E-state index contributed by atoms with van der Waals surface area (Å²) in [6.45, 7) is 0. The Kier molecular flexibility index (Phi) is 6.58. The zero-order valence-corrected chi connectivity index (χ0v) is 16.4. The summed E-state index contributed by atoms with van der Waals surface area (Å²) in [5, 5.41) is 29.3. The van der Waals surface area contributed by atoms with Crippen molar-refractivity contribution in [3.8, 4) is 0 Å². The van der Waals surface area contributed by atoms with Crippen molar-refractivity contribution in [3.63, 3.8) is 0 Å². The Morgan fingerprint density at radius 3 is 2.63 bits per heavy atom. The number of amides is 1. The standard InChI is InChI=1S/C19H17ClN4O6/c20-12-4-3-5-13(10-12)21-19(25)30-22-17-7-2-1-6-15(17)16-9-8-14(23(26)27)11-18(16)24(28)29/h3-5,8-11,15H,1-2,6-7H2,(H,21,25)/b22-17+. The molecule has 30 heavy (non-hydrogen) atoms. The molecule has 156 valence electrons. The summed E-state index contributed by atoms with van der Waals surface area (Å²) < 4.78 is 0. The number of nitro groups is 2. The van der Waals surface area contributed by atoms with Crippen LogP contribution in [0.3, 0.4) is 0 Å². The first-order chi connectivity index (χ1) is 14.3. The molecule has 0 aromatic heterocycles. The highest BCUT2D eigenvalue weighted by Gasteiger charge is 2.31. The third-order valence-electron chi connectivity index (χ3n) is 4.69. The molecular formula is C19H17ClN4O6. The number of hydrogen-bond acceptors (Lipinski definition) is 7. The number of nitro benzene ring substituents is 2. The fourth-order valence-electron chi connectivity index (χ4n) is 3.35. The first-order valence-electron chi connectivity index (χ1n) is 9.08. The number of rotatable bonds is 5. The number of oxime groups is 1. The van der Waals surface area contributed by atoms with E-state index < -0.39 is 21.9 Å². The molecule has 1 aliphatic rings. The first-order valence-corrected chi connectivity index (χ1v) is 9.46. The number of carbonyl (C=O) groups is 1. The van der Waals surface area contributed by atoms with Crippen LogP contribution in [-0.4, -0.2) is 21.7 Å². The number of non-ortho nitro benzene ring substituents is 1. The molecular weight excluding hydrogens is 416 g/mol. The summed E-state index contributed by atoms with van der Waals surface area (Å²) in [5.74, 6) is -0.473. The van der Waals surface area contributed by atoms with Crippen LogP contribution in [0, 0.1) is 20.2 Å². The fraction of sp³-hybridized carbons (Fsp3) is 0.263. The summed E-state index contributed by atoms with van der Waals surface area (Å²) in [6.07, 6.45) is 1.80. The van der Waals surface area contributed by atoms with Crippen molar-refractivity contribution in [3.05, 3.63) is 73.3 Å². The van der Waals surface area contributed by atoms with E-state index >= 15 is 0 Å². The number of benzene rings is 2. The molecule has 11 heteroatoms. The van der Waals surface area contributed by atoms with Crippen LogP contribution in [0.25, 0.3) is 0 Å². The maximum atomic E-state index is 12.0. The molecule has 0 aliphatic heterocycles. The Hall–Kier alpha value is -3.53. The Bertz CT molecular complexity index is 1030. The van der Waals surface area contributed by atoms with Crippen molar-refractivity contribution in [2.75, 3.05) is 5.32 Å². The smallest absolute Gasteiger partial charge is 0.298 e. The zero-order valence-electron chi connectivity index (χ0n) is 15.6. The van der Waals surface area contributed by atoms with Gasteiger partial charge in [0.05, 0.1) is 21.6 Å². The van der Waals surface area contributed by atoms with Gasteiger partial charge in [0.15, 0.2) is 0 Å². The third kappa shape index (κ3) is 5.09. The lowest BCUT2D eigenvalue weighted by atomic mass is 9.81. The molecule has 0 spiro atoms. The molecule has 2 aromatic rings. The average molecular weight is 433 g/mol. The summed E-state index contributed by atoms with van der Waals surface area (Å²) in [4.78, 5) is 38.1. The van der Waals surface area contributed by atoms with E-state index in [9.17, 15) is 25.0 Å². The summed E-state index contributed by atoms with van der Waals surface area (Å²) in [5.41, 5.74) is 0.491. The van der Waals surface area contributed by atoms with Crippen LogP contribution < -0.4 is 5.32 Å². The van der Waals surface area contributed by atoms with Gasteiger partial charge in [0, 0.05) is 28.3 Å². The van der Waals surface area contributed by atoms with Crippen molar-refractivity contribution in [2.24, 2.45) is 5.16 Å². The van der Waals surface area contributed by atoms with Crippen LogP contribution >= 0.6 is 11.6 Å². The Labute approximate surface area is 175 Å². The first kappa shape index (κ1) is 21.2. The van der Waals surface area contributed by atoms with Crippen LogP contribution in [0.1, 0.15) is 37.2 Å². The lowest BCUT2D eigenvalue weighted by molar-refractivity contribution is -0.394. The largest absolute Gasteiger partial charge is 0.437 e. The van der Waals surface area contributed by atoms with Crippen LogP contribution in [0.5, 0.6) is 0 Å². The molecule has 0 bridgehead atoms. The van der Waals surface area contributed by atoms with E-state index in [2.05, 4.69) is 10.5 Å². The summed E-state index contributed by atoms with van der Waals surface area (Å²) in [7, 11) is 0. The maximum absolute atomic E-state index is 12.0. The molecule has 2 aromatic carbocycles. The van der Waals surface area contributed by atoms with E-state index in [-0.39, 0.29) is 11.4 Å². The number of nitrogens with zero attached hydrogens (tertiary/aromatic N) is 3. The van der Waals surface area contributed by atoms with Crippen LogP contribution in [-0.2, 0) is 4.84 Å². The van der Waals surface area contributed by atoms with E-state index in [4.69, 9.17) is 16.4 Å². The highest BCUT2D eigenvalue weighted by atomic mass is 35.5. The van der Waals surface area contributed by atoms with Gasteiger partial charge in [0.1, 0.15) is 0 Å². The van der Waals surface area contributed by atoms with E-state index in [1.165, 1.54) is 12.1 Å². The van der Waals surface area contributed by atoms with Crippen LogP contribution in [0.15, 0.2) is 47.6 Å². The van der Waals surface area contributed by atoms with Crippen LogP contribution in [0.2, 0.25) is 5.02 Å². The van der Waals surface area contributed by atoms with E-state index in [0.717, 1.165) is 18.9 Å². The van der Waals surface area contributed by atoms with Gasteiger partial charge in [-0.05, 0) is 43.5 Å². The molecule has 1 atom stereocenters. The number of hydrogen-bond donors (Lipinski definition) is 1. The quantitative estimate of drug-likeness (QED) is 0.380. The van der Waals surface area contributed by atoms with Crippen molar-refractivity contribution < 1.29 is 19.5 Å². The topological polar surface area (TPSA) is 137 Å². The van der Waals surface area contributed by atoms with Crippen molar-refractivity contribution in [2.45, 2.75) is 31.6 Å². The predicted octanol–water partition coefficient (Wildman–Crippen LogP) is 5.42. The van der Waals surface area contributed by atoms with Gasteiger partial charge in [-0.15, -0.1) is 0 Å². The number of carbonyl (C=O) groups excluding carboxylic acids is 1. The second-order valence-corrected chi connectivity index (χ2v) is 7.09. The van der Waals surface area contributed by atoms with E-state index in [1.54, 1.807) is 24.3 Å². The highest BCUT2D eigenvalue weighted by Crippen LogP contribution is 2.37. The second-order valence-electron chi connectivity index (χ2n) is 6.65. The highest BCUT2D eigenvalue weighted by molar-refractivity contribution is 6.30. The molecule has 1 amide bonds. The minimum Gasteiger partial charge on any atom is -0.298 e.